The van der Waals surface area contributed by atoms with E-state index in [4.69, 9.17) is 0 Å². The SMILES string of the molecule is CCc1ccc(C(=O)C2CC(=O)Nc3c2c(C)nn3-c2cc(C)cc(C)c2)cc1. The lowest BCUT2D eigenvalue weighted by Gasteiger charge is -2.23. The van der Waals surface area contributed by atoms with Crippen LogP contribution in [0.5, 0.6) is 0 Å². The van der Waals surface area contributed by atoms with Crippen molar-refractivity contribution in [2.45, 2.75) is 46.5 Å². The molecule has 1 atom stereocenters. The van der Waals surface area contributed by atoms with E-state index in [-0.39, 0.29) is 18.1 Å². The van der Waals surface area contributed by atoms with E-state index >= 15 is 0 Å². The number of aryl methyl sites for hydroxylation is 4. The summed E-state index contributed by atoms with van der Waals surface area (Å²) in [6.07, 6.45) is 1.06. The van der Waals surface area contributed by atoms with Crippen molar-refractivity contribution in [1.29, 1.82) is 0 Å². The third-order valence-corrected chi connectivity index (χ3v) is 5.52. The van der Waals surface area contributed by atoms with Crippen molar-refractivity contribution in [3.63, 3.8) is 0 Å². The van der Waals surface area contributed by atoms with Crippen LogP contribution >= 0.6 is 0 Å². The van der Waals surface area contributed by atoms with E-state index in [2.05, 4.69) is 23.4 Å². The zero-order valence-electron chi connectivity index (χ0n) is 17.2. The molecule has 1 unspecified atom stereocenters. The Morgan fingerprint density at radius 1 is 1.10 bits per heavy atom. The number of carbonyl (C=O) groups excluding carboxylic acids is 2. The van der Waals surface area contributed by atoms with E-state index in [1.807, 2.05) is 57.2 Å². The molecule has 0 fully saturated rings. The van der Waals surface area contributed by atoms with Crippen LogP contribution in [0.1, 0.15) is 57.6 Å². The third kappa shape index (κ3) is 3.48. The van der Waals surface area contributed by atoms with Gasteiger partial charge >= 0.3 is 0 Å². The Hall–Kier alpha value is -3.21. The van der Waals surface area contributed by atoms with Crippen LogP contribution in [0.2, 0.25) is 0 Å². The Morgan fingerprint density at radius 2 is 1.76 bits per heavy atom. The van der Waals surface area contributed by atoms with Crippen LogP contribution in [0, 0.1) is 20.8 Å². The zero-order valence-corrected chi connectivity index (χ0v) is 17.2. The Bertz CT molecular complexity index is 1090. The molecule has 148 valence electrons. The molecule has 2 aromatic carbocycles. The van der Waals surface area contributed by atoms with Gasteiger partial charge in [-0.05, 0) is 56.0 Å². The molecule has 1 aliphatic rings. The molecule has 1 aliphatic heterocycles. The van der Waals surface area contributed by atoms with Gasteiger partial charge in [0.05, 0.1) is 17.3 Å². The number of carbonyl (C=O) groups is 2. The van der Waals surface area contributed by atoms with Gasteiger partial charge in [0.15, 0.2) is 5.78 Å². The fourth-order valence-corrected chi connectivity index (χ4v) is 4.14. The zero-order chi connectivity index (χ0) is 20.7. The average Bonchev–Trinajstić information content (AvgIpc) is 3.02. The predicted molar refractivity (Wildman–Crippen MR) is 114 cm³/mol. The molecule has 3 aromatic rings. The van der Waals surface area contributed by atoms with Gasteiger partial charge in [-0.3, -0.25) is 9.59 Å². The first-order valence-electron chi connectivity index (χ1n) is 9.98. The maximum Gasteiger partial charge on any atom is 0.226 e. The summed E-state index contributed by atoms with van der Waals surface area (Å²) in [5.41, 5.74) is 6.51. The number of hydrogen-bond acceptors (Lipinski definition) is 3. The molecule has 0 aliphatic carbocycles. The van der Waals surface area contributed by atoms with Crippen molar-refractivity contribution in [2.75, 3.05) is 5.32 Å². The standard InChI is InChI=1S/C24H25N3O2/c1-5-17-6-8-18(9-7-17)23(29)20-13-21(28)25-24-22(20)16(4)26-27(24)19-11-14(2)10-15(3)12-19/h6-12,20H,5,13H2,1-4H3,(H,25,28). The summed E-state index contributed by atoms with van der Waals surface area (Å²) in [5, 5.41) is 7.63. The van der Waals surface area contributed by atoms with Crippen LogP contribution in [0.4, 0.5) is 5.82 Å². The normalized spacial score (nSPS) is 15.7. The minimum atomic E-state index is -0.522. The fraction of sp³-hybridized carbons (Fsp3) is 0.292. The van der Waals surface area contributed by atoms with Crippen LogP contribution in [-0.2, 0) is 11.2 Å². The summed E-state index contributed by atoms with van der Waals surface area (Å²) in [5.74, 6) is -0.114. The number of nitrogens with one attached hydrogen (secondary N) is 1. The van der Waals surface area contributed by atoms with Gasteiger partial charge < -0.3 is 5.32 Å². The first-order chi connectivity index (χ1) is 13.9. The first kappa shape index (κ1) is 19.1. The third-order valence-electron chi connectivity index (χ3n) is 5.52. The van der Waals surface area contributed by atoms with Gasteiger partial charge in [0.25, 0.3) is 0 Å². The predicted octanol–water partition coefficient (Wildman–Crippen LogP) is 4.67. The molecule has 4 rings (SSSR count). The topological polar surface area (TPSA) is 64.0 Å². The molecule has 5 nitrogen and oxygen atoms in total. The number of Topliss-reactive ketones (excluding diaryl/α,β-unsaturated/α-hetero) is 1. The van der Waals surface area contributed by atoms with Gasteiger partial charge in [-0.25, -0.2) is 4.68 Å². The van der Waals surface area contributed by atoms with E-state index < -0.39 is 5.92 Å². The monoisotopic (exact) mass is 387 g/mol. The number of hydrogen-bond donors (Lipinski definition) is 1. The van der Waals surface area contributed by atoms with Crippen LogP contribution in [0.25, 0.3) is 5.69 Å². The largest absolute Gasteiger partial charge is 0.310 e. The second kappa shape index (κ2) is 7.32. The number of nitrogens with zero attached hydrogens (tertiary/aromatic N) is 2. The molecule has 0 spiro atoms. The van der Waals surface area contributed by atoms with E-state index in [0.717, 1.165) is 34.5 Å². The minimum Gasteiger partial charge on any atom is -0.310 e. The molecular formula is C24H25N3O2. The van der Waals surface area contributed by atoms with Gasteiger partial charge in [-0.2, -0.15) is 5.10 Å². The highest BCUT2D eigenvalue weighted by atomic mass is 16.2. The van der Waals surface area contributed by atoms with E-state index in [1.165, 1.54) is 5.56 Å². The quantitative estimate of drug-likeness (QED) is 0.662. The summed E-state index contributed by atoms with van der Waals surface area (Å²) < 4.78 is 1.75. The van der Waals surface area contributed by atoms with Gasteiger partial charge in [0, 0.05) is 17.5 Å². The van der Waals surface area contributed by atoms with Crippen molar-refractivity contribution in [1.82, 2.24) is 9.78 Å². The Kier molecular flexibility index (Phi) is 4.82. The lowest BCUT2D eigenvalue weighted by molar-refractivity contribution is -0.116. The van der Waals surface area contributed by atoms with Crippen LogP contribution < -0.4 is 5.32 Å². The molecule has 29 heavy (non-hydrogen) atoms. The van der Waals surface area contributed by atoms with E-state index in [1.54, 1.807) is 4.68 Å². The maximum atomic E-state index is 13.3. The van der Waals surface area contributed by atoms with Gasteiger partial charge in [-0.1, -0.05) is 37.3 Å². The Labute approximate surface area is 170 Å². The van der Waals surface area contributed by atoms with Crippen molar-refractivity contribution in [2.24, 2.45) is 0 Å². The maximum absolute atomic E-state index is 13.3. The summed E-state index contributed by atoms with van der Waals surface area (Å²) >= 11 is 0. The fourth-order valence-electron chi connectivity index (χ4n) is 4.14. The van der Waals surface area contributed by atoms with Gasteiger partial charge in [-0.15, -0.1) is 0 Å². The second-order valence-corrected chi connectivity index (χ2v) is 7.83. The second-order valence-electron chi connectivity index (χ2n) is 7.83. The lowest BCUT2D eigenvalue weighted by atomic mass is 9.85. The average molecular weight is 387 g/mol. The van der Waals surface area contributed by atoms with Crippen LogP contribution in [0.15, 0.2) is 42.5 Å². The molecule has 5 heteroatoms. The summed E-state index contributed by atoms with van der Waals surface area (Å²) in [4.78, 5) is 25.8. The molecule has 1 aromatic heterocycles. The van der Waals surface area contributed by atoms with Crippen molar-refractivity contribution >= 4 is 17.5 Å². The first-order valence-corrected chi connectivity index (χ1v) is 9.98. The highest BCUT2D eigenvalue weighted by molar-refractivity contribution is 6.08. The van der Waals surface area contributed by atoms with Crippen LogP contribution in [0.3, 0.4) is 0 Å². The molecular weight excluding hydrogens is 362 g/mol. The lowest BCUT2D eigenvalue weighted by Crippen LogP contribution is -2.28. The summed E-state index contributed by atoms with van der Waals surface area (Å²) in [6.45, 7) is 8.05. The number of anilines is 1. The number of benzene rings is 2. The molecule has 0 bridgehead atoms. The number of fused-ring (bicyclic) bond motifs is 1. The van der Waals surface area contributed by atoms with Gasteiger partial charge in [0.2, 0.25) is 5.91 Å². The number of ketones is 1. The molecule has 0 radical (unpaired) electrons. The van der Waals surface area contributed by atoms with Crippen LogP contribution in [-0.4, -0.2) is 21.5 Å². The van der Waals surface area contributed by atoms with Crippen molar-refractivity contribution in [3.8, 4) is 5.69 Å². The van der Waals surface area contributed by atoms with Crippen molar-refractivity contribution < 1.29 is 9.59 Å². The number of amides is 1. The molecule has 0 saturated carbocycles. The smallest absolute Gasteiger partial charge is 0.226 e. The summed E-state index contributed by atoms with van der Waals surface area (Å²) in [7, 11) is 0. The minimum absolute atomic E-state index is 0.0353. The summed E-state index contributed by atoms with van der Waals surface area (Å²) in [6, 6.07) is 13.8. The van der Waals surface area contributed by atoms with Crippen molar-refractivity contribution in [3.05, 3.63) is 76.0 Å². The molecule has 0 saturated heterocycles. The molecule has 1 amide bonds. The Balaban J connectivity index is 1.80. The Morgan fingerprint density at radius 3 is 2.38 bits per heavy atom. The van der Waals surface area contributed by atoms with E-state index in [0.29, 0.717) is 11.4 Å². The number of rotatable bonds is 4. The van der Waals surface area contributed by atoms with Gasteiger partial charge in [0.1, 0.15) is 5.82 Å². The van der Waals surface area contributed by atoms with E-state index in [9.17, 15) is 9.59 Å². The highest BCUT2D eigenvalue weighted by Crippen LogP contribution is 2.38. The number of aromatic nitrogens is 2. The molecule has 2 heterocycles. The highest BCUT2D eigenvalue weighted by Gasteiger charge is 2.36. The molecule has 1 N–H and O–H groups in total.